The van der Waals surface area contributed by atoms with Gasteiger partial charge in [-0.2, -0.15) is 0 Å². The number of anilines is 1. The number of nitro groups is 1. The van der Waals surface area contributed by atoms with E-state index >= 15 is 0 Å². The molecule has 4 rings (SSSR count). The van der Waals surface area contributed by atoms with E-state index in [1.54, 1.807) is 24.3 Å². The average Bonchev–Trinajstić information content (AvgIpc) is 3.34. The van der Waals surface area contributed by atoms with Gasteiger partial charge < -0.3 is 14.8 Å². The molecule has 1 fully saturated rings. The van der Waals surface area contributed by atoms with E-state index in [9.17, 15) is 19.7 Å². The molecule has 0 aliphatic carbocycles. The van der Waals surface area contributed by atoms with E-state index < -0.39 is 17.1 Å². The Kier molecular flexibility index (Phi) is 7.02. The lowest BCUT2D eigenvalue weighted by Gasteiger charge is -2.23. The number of nitro benzene ring substituents is 1. The second kappa shape index (κ2) is 10.5. The van der Waals surface area contributed by atoms with Crippen LogP contribution < -0.4 is 10.1 Å². The van der Waals surface area contributed by atoms with Crippen LogP contribution in [0.1, 0.15) is 18.4 Å². The van der Waals surface area contributed by atoms with Crippen LogP contribution in [0.5, 0.6) is 11.5 Å². The molecule has 0 aromatic heterocycles. The third-order valence-corrected chi connectivity index (χ3v) is 5.38. The topological polar surface area (TPSA) is 111 Å². The van der Waals surface area contributed by atoms with E-state index in [1.165, 1.54) is 29.2 Å². The smallest absolute Gasteiger partial charge is 0.410 e. The van der Waals surface area contributed by atoms with Crippen LogP contribution in [0.3, 0.4) is 0 Å². The summed E-state index contributed by atoms with van der Waals surface area (Å²) in [4.78, 5) is 37.2. The third-order valence-electron chi connectivity index (χ3n) is 5.38. The summed E-state index contributed by atoms with van der Waals surface area (Å²) in [5.74, 6) is 0.580. The van der Waals surface area contributed by atoms with Gasteiger partial charge in [0.05, 0.1) is 4.92 Å². The Morgan fingerprint density at radius 3 is 2.50 bits per heavy atom. The number of carbonyl (C=O) groups is 2. The monoisotopic (exact) mass is 461 g/mol. The quantitative estimate of drug-likeness (QED) is 0.386. The van der Waals surface area contributed by atoms with Crippen LogP contribution in [0, 0.1) is 10.1 Å². The molecule has 0 radical (unpaired) electrons. The number of rotatable bonds is 7. The van der Waals surface area contributed by atoms with Crippen molar-refractivity contribution in [3.63, 3.8) is 0 Å². The fourth-order valence-electron chi connectivity index (χ4n) is 3.69. The summed E-state index contributed by atoms with van der Waals surface area (Å²) in [6.07, 6.45) is 0.740. The summed E-state index contributed by atoms with van der Waals surface area (Å²) in [6, 6.07) is 21.2. The first-order valence-electron chi connectivity index (χ1n) is 10.8. The van der Waals surface area contributed by atoms with Crippen LogP contribution in [0.25, 0.3) is 0 Å². The number of benzene rings is 3. The normalized spacial score (nSPS) is 14.9. The Balaban J connectivity index is 1.36. The van der Waals surface area contributed by atoms with E-state index in [0.717, 1.165) is 5.56 Å². The Morgan fingerprint density at radius 1 is 1.00 bits per heavy atom. The zero-order valence-electron chi connectivity index (χ0n) is 18.3. The lowest BCUT2D eigenvalue weighted by atomic mass is 10.2. The van der Waals surface area contributed by atoms with Crippen molar-refractivity contribution in [1.82, 2.24) is 4.90 Å². The highest BCUT2D eigenvalue weighted by Gasteiger charge is 2.35. The van der Waals surface area contributed by atoms with Crippen LogP contribution in [-0.4, -0.2) is 34.4 Å². The Hall–Kier alpha value is -4.40. The van der Waals surface area contributed by atoms with Crippen molar-refractivity contribution in [2.75, 3.05) is 11.9 Å². The molecule has 1 aliphatic heterocycles. The summed E-state index contributed by atoms with van der Waals surface area (Å²) in [7, 11) is 0. The van der Waals surface area contributed by atoms with Crippen molar-refractivity contribution >= 4 is 23.4 Å². The van der Waals surface area contributed by atoms with Crippen LogP contribution in [0.15, 0.2) is 78.9 Å². The Morgan fingerprint density at radius 2 is 1.76 bits per heavy atom. The van der Waals surface area contributed by atoms with Crippen molar-refractivity contribution in [3.8, 4) is 11.5 Å². The summed E-state index contributed by atoms with van der Waals surface area (Å²) in [6.45, 7) is 0.599. The fourth-order valence-corrected chi connectivity index (χ4v) is 3.69. The van der Waals surface area contributed by atoms with Crippen LogP contribution >= 0.6 is 0 Å². The lowest BCUT2D eigenvalue weighted by Crippen LogP contribution is -2.43. The highest BCUT2D eigenvalue weighted by Crippen LogP contribution is 2.27. The molecule has 9 nitrogen and oxygen atoms in total. The Labute approximate surface area is 196 Å². The van der Waals surface area contributed by atoms with Crippen molar-refractivity contribution in [1.29, 1.82) is 0 Å². The molecule has 1 aliphatic rings. The molecule has 1 saturated heterocycles. The van der Waals surface area contributed by atoms with Gasteiger partial charge >= 0.3 is 6.09 Å². The van der Waals surface area contributed by atoms with Crippen molar-refractivity contribution in [3.05, 3.63) is 94.5 Å². The van der Waals surface area contributed by atoms with Gasteiger partial charge in [0, 0.05) is 30.4 Å². The minimum Gasteiger partial charge on any atom is -0.457 e. The van der Waals surface area contributed by atoms with Gasteiger partial charge in [-0.1, -0.05) is 36.4 Å². The third kappa shape index (κ3) is 5.69. The van der Waals surface area contributed by atoms with Gasteiger partial charge in [-0.05, 0) is 42.7 Å². The maximum absolute atomic E-state index is 12.9. The molecule has 1 unspecified atom stereocenters. The molecule has 3 aromatic carbocycles. The summed E-state index contributed by atoms with van der Waals surface area (Å²) >= 11 is 0. The van der Waals surface area contributed by atoms with Crippen molar-refractivity contribution < 1.29 is 24.0 Å². The number of nitrogens with zero attached hydrogens (tertiary/aromatic N) is 2. The lowest BCUT2D eigenvalue weighted by molar-refractivity contribution is -0.384. The van der Waals surface area contributed by atoms with E-state index in [1.807, 2.05) is 30.3 Å². The minimum atomic E-state index is -0.623. The molecule has 1 heterocycles. The second-order valence-electron chi connectivity index (χ2n) is 7.76. The number of amides is 2. The Bertz CT molecular complexity index is 1170. The molecule has 1 N–H and O–H groups in total. The number of likely N-dealkylation sites (tertiary alicyclic amines) is 1. The first-order chi connectivity index (χ1) is 16.5. The standard InChI is InChI=1S/C25H23N3O6/c29-24(23-10-5-15-27(23)25(30)33-17-18-6-2-1-3-7-18)26-19-8-4-9-22(16-19)34-21-13-11-20(12-14-21)28(31)32/h1-4,6-9,11-14,16,23H,5,10,15,17H2,(H,26,29). The largest absolute Gasteiger partial charge is 0.457 e. The van der Waals surface area contributed by atoms with Gasteiger partial charge in [0.2, 0.25) is 5.91 Å². The highest BCUT2D eigenvalue weighted by atomic mass is 16.6. The molecular formula is C25H23N3O6. The van der Waals surface area contributed by atoms with E-state index in [-0.39, 0.29) is 18.2 Å². The fraction of sp³-hybridized carbons (Fsp3) is 0.200. The molecule has 9 heteroatoms. The van der Waals surface area contributed by atoms with E-state index in [4.69, 9.17) is 9.47 Å². The maximum atomic E-state index is 12.9. The van der Waals surface area contributed by atoms with Crippen molar-refractivity contribution in [2.24, 2.45) is 0 Å². The average molecular weight is 461 g/mol. The SMILES string of the molecule is O=C(Nc1cccc(Oc2ccc([N+](=O)[O-])cc2)c1)C1CCCN1C(=O)OCc1ccccc1. The number of ether oxygens (including phenoxy) is 2. The number of hydrogen-bond donors (Lipinski definition) is 1. The van der Waals surface area contributed by atoms with Gasteiger partial charge in [-0.25, -0.2) is 4.79 Å². The molecule has 34 heavy (non-hydrogen) atoms. The molecule has 1 atom stereocenters. The molecule has 0 saturated carbocycles. The number of carbonyl (C=O) groups excluding carboxylic acids is 2. The molecule has 0 spiro atoms. The van der Waals surface area contributed by atoms with E-state index in [2.05, 4.69) is 5.32 Å². The highest BCUT2D eigenvalue weighted by molar-refractivity contribution is 5.97. The van der Waals surface area contributed by atoms with Gasteiger partial charge in [0.15, 0.2) is 0 Å². The van der Waals surface area contributed by atoms with Gasteiger partial charge in [0.1, 0.15) is 24.1 Å². The molecule has 0 bridgehead atoms. The number of nitrogens with one attached hydrogen (secondary N) is 1. The number of non-ortho nitro benzene ring substituents is 1. The van der Waals surface area contributed by atoms with Crippen molar-refractivity contribution in [2.45, 2.75) is 25.5 Å². The van der Waals surface area contributed by atoms with Crippen LogP contribution in [0.2, 0.25) is 0 Å². The van der Waals surface area contributed by atoms with Gasteiger partial charge in [0.25, 0.3) is 5.69 Å². The summed E-state index contributed by atoms with van der Waals surface area (Å²) in [5.41, 5.74) is 1.35. The summed E-state index contributed by atoms with van der Waals surface area (Å²) < 4.78 is 11.1. The van der Waals surface area contributed by atoms with Crippen LogP contribution in [0.4, 0.5) is 16.2 Å². The molecule has 3 aromatic rings. The molecule has 2 amide bonds. The predicted octanol–water partition coefficient (Wildman–Crippen LogP) is 5.13. The number of hydrogen-bond acceptors (Lipinski definition) is 6. The molecule has 174 valence electrons. The van der Waals surface area contributed by atoms with E-state index in [0.29, 0.717) is 36.6 Å². The predicted molar refractivity (Wildman–Crippen MR) is 125 cm³/mol. The van der Waals surface area contributed by atoms with Crippen LogP contribution in [-0.2, 0) is 16.1 Å². The minimum absolute atomic E-state index is 0.0308. The second-order valence-corrected chi connectivity index (χ2v) is 7.76. The zero-order valence-corrected chi connectivity index (χ0v) is 18.3. The maximum Gasteiger partial charge on any atom is 0.410 e. The summed E-state index contributed by atoms with van der Waals surface area (Å²) in [5, 5.41) is 13.6. The molecular weight excluding hydrogens is 438 g/mol. The van der Waals surface area contributed by atoms with Gasteiger partial charge in [-0.3, -0.25) is 19.8 Å². The zero-order chi connectivity index (χ0) is 23.9. The first kappa shape index (κ1) is 22.8. The first-order valence-corrected chi connectivity index (χ1v) is 10.8. The van der Waals surface area contributed by atoms with Gasteiger partial charge in [-0.15, -0.1) is 0 Å².